The number of ether oxygens (including phenoxy) is 1. The molecule has 3 rings (SSSR count). The molecule has 1 unspecified atom stereocenters. The third-order valence-electron chi connectivity index (χ3n) is 4.61. The number of carbonyl (C=O) groups excluding carboxylic acids is 1. The first-order valence-corrected chi connectivity index (χ1v) is 8.63. The number of amides is 1. The fourth-order valence-electron chi connectivity index (χ4n) is 3.22. The minimum Gasteiger partial charge on any atom is -0.380 e. The molecule has 1 fully saturated rings. The summed E-state index contributed by atoms with van der Waals surface area (Å²) in [4.78, 5) is 14.3. The molecule has 138 valence electrons. The number of benzene rings is 2. The van der Waals surface area contributed by atoms with Crippen molar-refractivity contribution in [2.45, 2.75) is 13.0 Å². The molecule has 0 bridgehead atoms. The van der Waals surface area contributed by atoms with Gasteiger partial charge in [0.25, 0.3) is 5.91 Å². The second-order valence-corrected chi connectivity index (χ2v) is 6.54. The summed E-state index contributed by atoms with van der Waals surface area (Å²) < 4.78 is 31.5. The van der Waals surface area contributed by atoms with E-state index < -0.39 is 11.6 Å². The molecule has 6 heteroatoms. The molecule has 1 N–H and O–H groups in total. The van der Waals surface area contributed by atoms with Crippen LogP contribution in [0, 0.1) is 17.6 Å². The van der Waals surface area contributed by atoms with Crippen molar-refractivity contribution in [2.24, 2.45) is 5.92 Å². The number of halogens is 2. The minimum absolute atomic E-state index is 0.116. The maximum atomic E-state index is 13.4. The van der Waals surface area contributed by atoms with E-state index in [9.17, 15) is 13.6 Å². The van der Waals surface area contributed by atoms with Crippen LogP contribution in [0.3, 0.4) is 0 Å². The van der Waals surface area contributed by atoms with Crippen molar-refractivity contribution in [1.82, 2.24) is 5.32 Å². The SMILES string of the molecule is COCc1cccc(C(=O)NCC2CCN(c3ccc(F)c(F)c3)C2)c1. The maximum absolute atomic E-state index is 13.4. The Morgan fingerprint density at radius 1 is 1.23 bits per heavy atom. The van der Waals surface area contributed by atoms with Crippen molar-refractivity contribution in [3.8, 4) is 0 Å². The van der Waals surface area contributed by atoms with Crippen molar-refractivity contribution in [3.05, 3.63) is 65.2 Å². The van der Waals surface area contributed by atoms with Gasteiger partial charge in [-0.15, -0.1) is 0 Å². The molecule has 2 aromatic rings. The summed E-state index contributed by atoms with van der Waals surface area (Å²) in [5.41, 5.74) is 2.23. The van der Waals surface area contributed by atoms with Crippen molar-refractivity contribution in [1.29, 1.82) is 0 Å². The number of nitrogens with zero attached hydrogens (tertiary/aromatic N) is 1. The summed E-state index contributed by atoms with van der Waals surface area (Å²) in [5.74, 6) is -1.52. The Hall–Kier alpha value is -2.47. The van der Waals surface area contributed by atoms with Crippen LogP contribution in [-0.2, 0) is 11.3 Å². The van der Waals surface area contributed by atoms with Crippen LogP contribution in [0.5, 0.6) is 0 Å². The Kier molecular flexibility index (Phi) is 5.83. The van der Waals surface area contributed by atoms with Crippen molar-refractivity contribution in [3.63, 3.8) is 0 Å². The number of hydrogen-bond donors (Lipinski definition) is 1. The smallest absolute Gasteiger partial charge is 0.251 e. The molecule has 0 saturated carbocycles. The minimum atomic E-state index is -0.840. The number of anilines is 1. The normalized spacial score (nSPS) is 16.7. The summed E-state index contributed by atoms with van der Waals surface area (Å²) in [6.07, 6.45) is 0.892. The number of hydrogen-bond acceptors (Lipinski definition) is 3. The van der Waals surface area contributed by atoms with E-state index in [4.69, 9.17) is 4.74 Å². The van der Waals surface area contributed by atoms with E-state index in [0.717, 1.165) is 24.6 Å². The zero-order valence-electron chi connectivity index (χ0n) is 14.7. The molecule has 1 saturated heterocycles. The molecule has 1 aliphatic heterocycles. The zero-order chi connectivity index (χ0) is 18.5. The van der Waals surface area contributed by atoms with Gasteiger partial charge in [-0.2, -0.15) is 0 Å². The Labute approximate surface area is 151 Å². The van der Waals surface area contributed by atoms with Gasteiger partial charge in [0.1, 0.15) is 0 Å². The Balaban J connectivity index is 1.53. The highest BCUT2D eigenvalue weighted by molar-refractivity contribution is 5.94. The van der Waals surface area contributed by atoms with Gasteiger partial charge >= 0.3 is 0 Å². The number of nitrogens with one attached hydrogen (secondary N) is 1. The average Bonchev–Trinajstić information content (AvgIpc) is 3.11. The van der Waals surface area contributed by atoms with Crippen LogP contribution in [-0.4, -0.2) is 32.7 Å². The second kappa shape index (κ2) is 8.27. The summed E-state index contributed by atoms with van der Waals surface area (Å²) in [6, 6.07) is 11.3. The molecule has 1 amide bonds. The molecule has 4 nitrogen and oxygen atoms in total. The zero-order valence-corrected chi connectivity index (χ0v) is 14.7. The fourth-order valence-corrected chi connectivity index (χ4v) is 3.22. The first kappa shape index (κ1) is 18.3. The summed E-state index contributed by atoms with van der Waals surface area (Å²) >= 11 is 0. The lowest BCUT2D eigenvalue weighted by Crippen LogP contribution is -2.31. The van der Waals surface area contributed by atoms with Crippen molar-refractivity contribution in [2.75, 3.05) is 31.6 Å². The standard InChI is InChI=1S/C20H22F2N2O2/c1-26-13-14-3-2-4-16(9-14)20(25)23-11-15-7-8-24(12-15)17-5-6-18(21)19(22)10-17/h2-6,9-10,15H,7-8,11-13H2,1H3,(H,23,25). The quantitative estimate of drug-likeness (QED) is 0.859. The van der Waals surface area contributed by atoms with Gasteiger partial charge in [0, 0.05) is 44.1 Å². The predicted octanol–water partition coefficient (Wildman–Crippen LogP) is 3.37. The Bertz CT molecular complexity index is 782. The first-order chi connectivity index (χ1) is 12.6. The monoisotopic (exact) mass is 360 g/mol. The van der Waals surface area contributed by atoms with Crippen LogP contribution in [0.1, 0.15) is 22.3 Å². The van der Waals surface area contributed by atoms with Gasteiger partial charge in [0.15, 0.2) is 11.6 Å². The Morgan fingerprint density at radius 3 is 2.85 bits per heavy atom. The molecule has 1 heterocycles. The van der Waals surface area contributed by atoms with Gasteiger partial charge in [0.2, 0.25) is 0 Å². The van der Waals surface area contributed by atoms with E-state index in [1.165, 1.54) is 6.07 Å². The first-order valence-electron chi connectivity index (χ1n) is 8.63. The van der Waals surface area contributed by atoms with E-state index in [-0.39, 0.29) is 11.8 Å². The van der Waals surface area contributed by atoms with Gasteiger partial charge in [-0.1, -0.05) is 12.1 Å². The number of rotatable bonds is 6. The molecular weight excluding hydrogens is 338 g/mol. The molecule has 2 aromatic carbocycles. The van der Waals surface area contributed by atoms with E-state index in [0.29, 0.717) is 30.9 Å². The summed E-state index contributed by atoms with van der Waals surface area (Å²) in [7, 11) is 1.62. The molecule has 26 heavy (non-hydrogen) atoms. The lowest BCUT2D eigenvalue weighted by molar-refractivity contribution is 0.0948. The van der Waals surface area contributed by atoms with E-state index in [1.54, 1.807) is 19.2 Å². The topological polar surface area (TPSA) is 41.6 Å². The number of methoxy groups -OCH3 is 1. The highest BCUT2D eigenvalue weighted by Gasteiger charge is 2.24. The largest absolute Gasteiger partial charge is 0.380 e. The molecule has 0 radical (unpaired) electrons. The average molecular weight is 360 g/mol. The van der Waals surface area contributed by atoms with Gasteiger partial charge in [-0.25, -0.2) is 8.78 Å². The number of carbonyl (C=O) groups is 1. The van der Waals surface area contributed by atoms with E-state index >= 15 is 0 Å². The van der Waals surface area contributed by atoms with E-state index in [1.807, 2.05) is 23.1 Å². The van der Waals surface area contributed by atoms with Gasteiger partial charge in [-0.3, -0.25) is 4.79 Å². The lowest BCUT2D eigenvalue weighted by Gasteiger charge is -2.19. The van der Waals surface area contributed by atoms with Crippen LogP contribution >= 0.6 is 0 Å². The van der Waals surface area contributed by atoms with Crippen molar-refractivity contribution < 1.29 is 18.3 Å². The van der Waals surface area contributed by atoms with Gasteiger partial charge < -0.3 is 15.0 Å². The molecule has 1 atom stereocenters. The molecule has 1 aliphatic rings. The predicted molar refractivity (Wildman–Crippen MR) is 96.2 cm³/mol. The second-order valence-electron chi connectivity index (χ2n) is 6.54. The lowest BCUT2D eigenvalue weighted by atomic mass is 10.1. The van der Waals surface area contributed by atoms with Crippen LogP contribution in [0.15, 0.2) is 42.5 Å². The van der Waals surface area contributed by atoms with E-state index in [2.05, 4.69) is 5.32 Å². The highest BCUT2D eigenvalue weighted by Crippen LogP contribution is 2.25. The van der Waals surface area contributed by atoms with Crippen LogP contribution < -0.4 is 10.2 Å². The van der Waals surface area contributed by atoms with Crippen molar-refractivity contribution >= 4 is 11.6 Å². The molecule has 0 spiro atoms. The van der Waals surface area contributed by atoms with Gasteiger partial charge in [-0.05, 0) is 42.2 Å². The highest BCUT2D eigenvalue weighted by atomic mass is 19.2. The maximum Gasteiger partial charge on any atom is 0.251 e. The summed E-state index contributed by atoms with van der Waals surface area (Å²) in [6.45, 7) is 2.48. The summed E-state index contributed by atoms with van der Waals surface area (Å²) in [5, 5.41) is 2.96. The Morgan fingerprint density at radius 2 is 2.08 bits per heavy atom. The van der Waals surface area contributed by atoms with Crippen LogP contribution in [0.2, 0.25) is 0 Å². The third kappa shape index (κ3) is 4.38. The fraction of sp³-hybridized carbons (Fsp3) is 0.350. The van der Waals surface area contributed by atoms with Crippen LogP contribution in [0.4, 0.5) is 14.5 Å². The molecule has 0 aromatic heterocycles. The van der Waals surface area contributed by atoms with Crippen LogP contribution in [0.25, 0.3) is 0 Å². The molecular formula is C20H22F2N2O2. The van der Waals surface area contributed by atoms with Gasteiger partial charge in [0.05, 0.1) is 6.61 Å². The third-order valence-corrected chi connectivity index (χ3v) is 4.61. The molecule has 0 aliphatic carbocycles.